The summed E-state index contributed by atoms with van der Waals surface area (Å²) in [5.74, 6) is 0. The van der Waals surface area contributed by atoms with E-state index in [4.69, 9.17) is 10.0 Å². The molecule has 2 rings (SSSR count). The second kappa shape index (κ2) is 9.63. The minimum atomic E-state index is -1.33. The van der Waals surface area contributed by atoms with Gasteiger partial charge in [-0.25, -0.2) is 0 Å². The number of rotatable bonds is 5. The van der Waals surface area contributed by atoms with Gasteiger partial charge in [-0.05, 0) is 40.3 Å². The van der Waals surface area contributed by atoms with Crippen LogP contribution in [0.5, 0.6) is 0 Å². The molecular formula is C22H23BO2. The fourth-order valence-electron chi connectivity index (χ4n) is 2.60. The maximum absolute atomic E-state index is 8.94. The van der Waals surface area contributed by atoms with Crippen LogP contribution < -0.4 is 0 Å². The first-order chi connectivity index (χ1) is 12.1. The average Bonchev–Trinajstić information content (AvgIpc) is 2.60. The van der Waals surface area contributed by atoms with E-state index in [1.54, 1.807) is 12.2 Å². The van der Waals surface area contributed by atoms with Crippen molar-refractivity contribution in [3.63, 3.8) is 0 Å². The second-order valence-corrected chi connectivity index (χ2v) is 5.75. The van der Waals surface area contributed by atoms with E-state index in [1.807, 2.05) is 42.5 Å². The average molecular weight is 330 g/mol. The van der Waals surface area contributed by atoms with Gasteiger partial charge in [0, 0.05) is 6.32 Å². The summed E-state index contributed by atoms with van der Waals surface area (Å²) >= 11 is 0. The van der Waals surface area contributed by atoms with Gasteiger partial charge in [0.15, 0.2) is 0 Å². The van der Waals surface area contributed by atoms with Crippen molar-refractivity contribution in [2.45, 2.75) is 12.7 Å². The Morgan fingerprint density at radius 1 is 1.20 bits per heavy atom. The highest BCUT2D eigenvalue weighted by Crippen LogP contribution is 2.29. The third-order valence-corrected chi connectivity index (χ3v) is 3.82. The predicted octanol–water partition coefficient (Wildman–Crippen LogP) is 4.44. The Morgan fingerprint density at radius 3 is 2.76 bits per heavy atom. The van der Waals surface area contributed by atoms with Crippen molar-refractivity contribution in [2.75, 3.05) is 0 Å². The van der Waals surface area contributed by atoms with Gasteiger partial charge in [-0.1, -0.05) is 86.0 Å². The largest absolute Gasteiger partial charge is 0.455 e. The highest BCUT2D eigenvalue weighted by atomic mass is 16.4. The van der Waals surface area contributed by atoms with Crippen LogP contribution in [0.1, 0.15) is 11.1 Å². The summed E-state index contributed by atoms with van der Waals surface area (Å²) in [6.07, 6.45) is 18.5. The number of fused-ring (bicyclic) bond motifs is 1. The molecule has 1 aliphatic carbocycles. The summed E-state index contributed by atoms with van der Waals surface area (Å²) in [7, 11) is -1.33. The van der Waals surface area contributed by atoms with Crippen molar-refractivity contribution >= 4 is 12.7 Å². The van der Waals surface area contributed by atoms with Crippen LogP contribution in [0.3, 0.4) is 0 Å². The first-order valence-electron chi connectivity index (χ1n) is 8.29. The van der Waals surface area contributed by atoms with E-state index >= 15 is 0 Å². The summed E-state index contributed by atoms with van der Waals surface area (Å²) in [5, 5.41) is 17.9. The molecule has 1 aliphatic rings. The number of benzene rings is 1. The lowest BCUT2D eigenvalue weighted by molar-refractivity contribution is 0.411. The van der Waals surface area contributed by atoms with Gasteiger partial charge in [0.1, 0.15) is 0 Å². The summed E-state index contributed by atoms with van der Waals surface area (Å²) in [5.41, 5.74) is 5.28. The van der Waals surface area contributed by atoms with Crippen LogP contribution in [0.2, 0.25) is 6.32 Å². The van der Waals surface area contributed by atoms with Gasteiger partial charge in [-0.2, -0.15) is 0 Å². The Morgan fingerprint density at radius 2 is 2.00 bits per heavy atom. The number of hydrogen-bond donors (Lipinski definition) is 2. The fraction of sp³-hybridized carbons (Fsp3) is 0.0909. The molecule has 2 N–H and O–H groups in total. The molecule has 2 nitrogen and oxygen atoms in total. The molecule has 0 saturated heterocycles. The molecule has 0 radical (unpaired) electrons. The Bertz CT molecular complexity index is 777. The van der Waals surface area contributed by atoms with Gasteiger partial charge < -0.3 is 10.0 Å². The molecule has 1 aromatic carbocycles. The first-order valence-corrected chi connectivity index (χ1v) is 8.29. The third kappa shape index (κ3) is 5.75. The molecule has 0 atom stereocenters. The molecule has 0 bridgehead atoms. The maximum atomic E-state index is 8.94. The molecule has 0 saturated carbocycles. The van der Waals surface area contributed by atoms with Crippen molar-refractivity contribution in [3.8, 4) is 0 Å². The fourth-order valence-corrected chi connectivity index (χ4v) is 2.60. The van der Waals surface area contributed by atoms with Crippen LogP contribution >= 0.6 is 0 Å². The van der Waals surface area contributed by atoms with E-state index in [-0.39, 0.29) is 6.32 Å². The van der Waals surface area contributed by atoms with Crippen LogP contribution in [0.25, 0.3) is 5.57 Å². The minimum absolute atomic E-state index is 0.191. The molecule has 126 valence electrons. The van der Waals surface area contributed by atoms with Crippen LogP contribution in [-0.4, -0.2) is 17.2 Å². The van der Waals surface area contributed by atoms with Crippen molar-refractivity contribution in [3.05, 3.63) is 114 Å². The van der Waals surface area contributed by atoms with Gasteiger partial charge >= 0.3 is 7.12 Å². The lowest BCUT2D eigenvalue weighted by atomic mass is 9.86. The number of hydrogen-bond acceptors (Lipinski definition) is 2. The molecule has 0 spiro atoms. The van der Waals surface area contributed by atoms with E-state index in [9.17, 15) is 0 Å². The molecular weight excluding hydrogens is 307 g/mol. The summed E-state index contributed by atoms with van der Waals surface area (Å²) < 4.78 is 0. The van der Waals surface area contributed by atoms with Crippen LogP contribution in [-0.2, 0) is 6.42 Å². The Labute approximate surface area is 150 Å². The van der Waals surface area contributed by atoms with E-state index in [0.29, 0.717) is 0 Å². The molecule has 1 aromatic rings. The van der Waals surface area contributed by atoms with E-state index in [0.717, 1.165) is 28.7 Å². The SMILES string of the molecule is C=CC(=C\C=C/CB(O)O)/C1=C/C(=C)/C=C\C=C/Cc2ccccc21. The predicted molar refractivity (Wildman–Crippen MR) is 108 cm³/mol. The number of allylic oxidation sites excluding steroid dienone is 12. The highest BCUT2D eigenvalue weighted by molar-refractivity contribution is 6.41. The highest BCUT2D eigenvalue weighted by Gasteiger charge is 2.10. The summed E-state index contributed by atoms with van der Waals surface area (Å²) in [6.45, 7) is 8.05. The molecule has 0 heterocycles. The molecule has 0 fully saturated rings. The minimum Gasteiger partial charge on any atom is -0.427 e. The van der Waals surface area contributed by atoms with Gasteiger partial charge in [0.2, 0.25) is 0 Å². The maximum Gasteiger partial charge on any atom is 0.455 e. The van der Waals surface area contributed by atoms with Crippen molar-refractivity contribution in [2.24, 2.45) is 0 Å². The molecule has 0 aromatic heterocycles. The van der Waals surface area contributed by atoms with Gasteiger partial charge in [0.25, 0.3) is 0 Å². The van der Waals surface area contributed by atoms with Gasteiger partial charge in [0.05, 0.1) is 0 Å². The lowest BCUT2D eigenvalue weighted by Crippen LogP contribution is -2.07. The van der Waals surface area contributed by atoms with Crippen molar-refractivity contribution in [1.29, 1.82) is 0 Å². The normalized spacial score (nSPS) is 19.7. The molecule has 0 amide bonds. The van der Waals surface area contributed by atoms with E-state index < -0.39 is 7.12 Å². The zero-order chi connectivity index (χ0) is 18.1. The van der Waals surface area contributed by atoms with Crippen LogP contribution in [0.15, 0.2) is 103 Å². The third-order valence-electron chi connectivity index (χ3n) is 3.82. The summed E-state index contributed by atoms with van der Waals surface area (Å²) in [6, 6.07) is 8.30. The van der Waals surface area contributed by atoms with Crippen molar-refractivity contribution < 1.29 is 10.0 Å². The van der Waals surface area contributed by atoms with Gasteiger partial charge in [-0.3, -0.25) is 0 Å². The zero-order valence-corrected chi connectivity index (χ0v) is 14.3. The topological polar surface area (TPSA) is 40.5 Å². The Kier molecular flexibility index (Phi) is 7.21. The molecule has 3 heteroatoms. The van der Waals surface area contributed by atoms with E-state index in [1.165, 1.54) is 5.56 Å². The second-order valence-electron chi connectivity index (χ2n) is 5.75. The quantitative estimate of drug-likeness (QED) is 0.619. The van der Waals surface area contributed by atoms with Crippen LogP contribution in [0, 0.1) is 0 Å². The Balaban J connectivity index is 2.50. The van der Waals surface area contributed by atoms with Crippen molar-refractivity contribution in [1.82, 2.24) is 0 Å². The zero-order valence-electron chi connectivity index (χ0n) is 14.3. The smallest absolute Gasteiger partial charge is 0.427 e. The first kappa shape index (κ1) is 18.7. The molecule has 25 heavy (non-hydrogen) atoms. The van der Waals surface area contributed by atoms with Crippen LogP contribution in [0.4, 0.5) is 0 Å². The Hall–Kier alpha value is -2.62. The monoisotopic (exact) mass is 330 g/mol. The van der Waals surface area contributed by atoms with E-state index in [2.05, 4.69) is 37.4 Å². The molecule has 0 unspecified atom stereocenters. The van der Waals surface area contributed by atoms with Gasteiger partial charge in [-0.15, -0.1) is 0 Å². The standard InChI is InChI=1S/C22H23BO2/c1-3-19(12-9-10-16-23(24)25)22-17-18(2)11-5-4-6-13-20-14-7-8-15-21(20)22/h3-12,14-15,17,24-25H,1-2,13,16H2/b6-4-,10-9-,11-5-,19-12+,22-17-. The summed E-state index contributed by atoms with van der Waals surface area (Å²) in [4.78, 5) is 0. The lowest BCUT2D eigenvalue weighted by Gasteiger charge is -2.14. The molecule has 0 aliphatic heterocycles.